The molecule has 3 amide bonds. The summed E-state index contributed by atoms with van der Waals surface area (Å²) in [6, 6.07) is 16.5. The van der Waals surface area contributed by atoms with Crippen LogP contribution in [0.2, 0.25) is 0 Å². The van der Waals surface area contributed by atoms with Gasteiger partial charge >= 0.3 is 6.03 Å². The Bertz CT molecular complexity index is 1050. The van der Waals surface area contributed by atoms with Crippen LogP contribution in [0.15, 0.2) is 59.8 Å². The van der Waals surface area contributed by atoms with Crippen molar-refractivity contribution in [1.29, 1.82) is 0 Å². The fraction of sp³-hybridized carbons (Fsp3) is 0.273. The number of hydrogen-bond donors (Lipinski definition) is 2. The van der Waals surface area contributed by atoms with Crippen LogP contribution in [-0.4, -0.2) is 45.5 Å². The average molecular weight is 437 g/mol. The van der Waals surface area contributed by atoms with Gasteiger partial charge in [0.05, 0.1) is 11.4 Å². The van der Waals surface area contributed by atoms with E-state index < -0.39 is 11.9 Å². The van der Waals surface area contributed by atoms with Crippen molar-refractivity contribution in [1.82, 2.24) is 20.1 Å². The van der Waals surface area contributed by atoms with E-state index in [0.29, 0.717) is 10.8 Å². The van der Waals surface area contributed by atoms with Crippen molar-refractivity contribution in [2.24, 2.45) is 0 Å². The van der Waals surface area contributed by atoms with E-state index in [1.165, 1.54) is 11.8 Å². The number of benzene rings is 2. The Morgan fingerprint density at radius 3 is 2.42 bits per heavy atom. The molecule has 31 heavy (non-hydrogen) atoms. The third kappa shape index (κ3) is 5.24. The molecule has 1 aliphatic rings. The number of thioether (sulfide) groups is 1. The lowest BCUT2D eigenvalue weighted by Gasteiger charge is -2.18. The van der Waals surface area contributed by atoms with Crippen molar-refractivity contribution in [2.45, 2.75) is 24.9 Å². The van der Waals surface area contributed by atoms with Crippen molar-refractivity contribution in [3.8, 4) is 5.69 Å². The van der Waals surface area contributed by atoms with E-state index in [4.69, 9.17) is 0 Å². The minimum atomic E-state index is -0.561. The molecule has 0 bridgehead atoms. The highest BCUT2D eigenvalue weighted by molar-refractivity contribution is 7.99. The van der Waals surface area contributed by atoms with E-state index in [1.807, 2.05) is 54.0 Å². The predicted octanol–water partition coefficient (Wildman–Crippen LogP) is 3.62. The van der Waals surface area contributed by atoms with Crippen molar-refractivity contribution in [2.75, 3.05) is 29.1 Å². The number of aromatic nitrogens is 3. The summed E-state index contributed by atoms with van der Waals surface area (Å²) in [6.07, 6.45) is 2.25. The highest BCUT2D eigenvalue weighted by atomic mass is 32.2. The molecule has 3 aromatic rings. The number of urea groups is 1. The van der Waals surface area contributed by atoms with Gasteiger partial charge in [-0.1, -0.05) is 47.7 Å². The predicted molar refractivity (Wildman–Crippen MR) is 122 cm³/mol. The average Bonchev–Trinajstić information content (AvgIpc) is 3.43. The van der Waals surface area contributed by atoms with Crippen LogP contribution in [0.5, 0.6) is 0 Å². The number of carbonyl (C=O) groups is 2. The van der Waals surface area contributed by atoms with Gasteiger partial charge in [-0.3, -0.25) is 14.7 Å². The van der Waals surface area contributed by atoms with Gasteiger partial charge in [-0.15, -0.1) is 10.2 Å². The zero-order chi connectivity index (χ0) is 21.6. The number of para-hydroxylation sites is 1. The van der Waals surface area contributed by atoms with Crippen LogP contribution in [0.3, 0.4) is 0 Å². The van der Waals surface area contributed by atoms with Crippen molar-refractivity contribution in [3.63, 3.8) is 0 Å². The monoisotopic (exact) mass is 436 g/mol. The number of carbonyl (C=O) groups excluding carboxylic acids is 2. The summed E-state index contributed by atoms with van der Waals surface area (Å²) in [7, 11) is 0. The van der Waals surface area contributed by atoms with E-state index >= 15 is 0 Å². The molecular weight excluding hydrogens is 412 g/mol. The van der Waals surface area contributed by atoms with Gasteiger partial charge in [-0.05, 0) is 44.0 Å². The van der Waals surface area contributed by atoms with Gasteiger partial charge in [0, 0.05) is 18.8 Å². The highest BCUT2D eigenvalue weighted by Crippen LogP contribution is 2.28. The van der Waals surface area contributed by atoms with Gasteiger partial charge < -0.3 is 10.2 Å². The zero-order valence-corrected chi connectivity index (χ0v) is 18.1. The van der Waals surface area contributed by atoms with E-state index in [9.17, 15) is 9.59 Å². The van der Waals surface area contributed by atoms with Crippen LogP contribution in [0, 0.1) is 6.92 Å². The summed E-state index contributed by atoms with van der Waals surface area (Å²) in [4.78, 5) is 26.6. The number of amides is 3. The lowest BCUT2D eigenvalue weighted by Crippen LogP contribution is -2.35. The molecule has 0 atom stereocenters. The van der Waals surface area contributed by atoms with E-state index in [-0.39, 0.29) is 5.75 Å². The normalized spacial score (nSPS) is 13.3. The number of aryl methyl sites for hydroxylation is 1. The van der Waals surface area contributed by atoms with E-state index in [0.717, 1.165) is 43.1 Å². The third-order valence-corrected chi connectivity index (χ3v) is 5.84. The molecule has 160 valence electrons. The first-order chi connectivity index (χ1) is 15.1. The molecule has 1 fully saturated rings. The minimum absolute atomic E-state index is 0.0478. The molecule has 0 spiro atoms. The van der Waals surface area contributed by atoms with Gasteiger partial charge in [0.1, 0.15) is 0 Å². The number of hydrogen-bond acceptors (Lipinski definition) is 6. The summed E-state index contributed by atoms with van der Waals surface area (Å²) in [5, 5.41) is 14.3. The molecule has 4 rings (SSSR count). The molecule has 0 unspecified atom stereocenters. The summed E-state index contributed by atoms with van der Waals surface area (Å²) in [5.74, 6) is 0.428. The maximum Gasteiger partial charge on any atom is 0.325 e. The Labute approximate surface area is 185 Å². The molecule has 1 saturated heterocycles. The Hall–Kier alpha value is -3.33. The van der Waals surface area contributed by atoms with Crippen molar-refractivity contribution in [3.05, 3.63) is 60.2 Å². The lowest BCUT2D eigenvalue weighted by atomic mass is 10.2. The first kappa shape index (κ1) is 20.9. The molecule has 0 aliphatic carbocycles. The third-order valence-electron chi connectivity index (χ3n) is 4.91. The first-order valence-electron chi connectivity index (χ1n) is 10.2. The molecule has 9 heteroatoms. The zero-order valence-electron chi connectivity index (χ0n) is 17.2. The molecule has 0 saturated carbocycles. The summed E-state index contributed by atoms with van der Waals surface area (Å²) in [5.41, 5.74) is 2.73. The van der Waals surface area contributed by atoms with Gasteiger partial charge in [-0.2, -0.15) is 0 Å². The Morgan fingerprint density at radius 2 is 1.71 bits per heavy atom. The number of nitrogens with zero attached hydrogens (tertiary/aromatic N) is 4. The van der Waals surface area contributed by atoms with Gasteiger partial charge in [0.2, 0.25) is 11.9 Å². The second kappa shape index (κ2) is 9.65. The van der Waals surface area contributed by atoms with E-state index in [1.54, 1.807) is 12.1 Å². The molecule has 2 N–H and O–H groups in total. The summed E-state index contributed by atoms with van der Waals surface area (Å²) >= 11 is 1.25. The van der Waals surface area contributed by atoms with Crippen LogP contribution in [-0.2, 0) is 4.79 Å². The standard InChI is InChI=1S/C22H24N6O2S/c1-16-9-11-18(12-10-16)28-21(27-13-5-6-14-27)25-26-22(28)31-15-19(29)24-20(30)23-17-7-3-2-4-8-17/h2-4,7-12H,5-6,13-15H2,1H3,(H2,23,24,29,30). The van der Waals surface area contributed by atoms with Crippen LogP contribution in [0.1, 0.15) is 18.4 Å². The lowest BCUT2D eigenvalue weighted by molar-refractivity contribution is -0.117. The molecule has 2 heterocycles. The van der Waals surface area contributed by atoms with Crippen molar-refractivity contribution < 1.29 is 9.59 Å². The maximum absolute atomic E-state index is 12.3. The summed E-state index contributed by atoms with van der Waals surface area (Å²) < 4.78 is 1.98. The highest BCUT2D eigenvalue weighted by Gasteiger charge is 2.23. The van der Waals surface area contributed by atoms with Gasteiger partial charge in [0.25, 0.3) is 0 Å². The topological polar surface area (TPSA) is 92.2 Å². The Morgan fingerprint density at radius 1 is 1.00 bits per heavy atom. The van der Waals surface area contributed by atoms with Gasteiger partial charge in [0.15, 0.2) is 5.16 Å². The number of imide groups is 1. The maximum atomic E-state index is 12.3. The van der Waals surface area contributed by atoms with Gasteiger partial charge in [-0.25, -0.2) is 4.79 Å². The largest absolute Gasteiger partial charge is 0.341 e. The smallest absolute Gasteiger partial charge is 0.325 e. The second-order valence-corrected chi connectivity index (χ2v) is 8.25. The number of anilines is 2. The van der Waals surface area contributed by atoms with Crippen LogP contribution < -0.4 is 15.5 Å². The van der Waals surface area contributed by atoms with Crippen LogP contribution in [0.25, 0.3) is 5.69 Å². The molecule has 8 nitrogen and oxygen atoms in total. The number of nitrogens with one attached hydrogen (secondary N) is 2. The molecule has 1 aromatic heterocycles. The quantitative estimate of drug-likeness (QED) is 0.574. The molecule has 1 aliphatic heterocycles. The Kier molecular flexibility index (Phi) is 6.51. The van der Waals surface area contributed by atoms with Crippen LogP contribution in [0.4, 0.5) is 16.4 Å². The Balaban J connectivity index is 1.44. The minimum Gasteiger partial charge on any atom is -0.341 e. The molecule has 2 aromatic carbocycles. The molecular formula is C22H24N6O2S. The fourth-order valence-electron chi connectivity index (χ4n) is 3.37. The van der Waals surface area contributed by atoms with E-state index in [2.05, 4.69) is 25.7 Å². The second-order valence-electron chi connectivity index (χ2n) is 7.30. The first-order valence-corrected chi connectivity index (χ1v) is 11.1. The van der Waals surface area contributed by atoms with Crippen LogP contribution >= 0.6 is 11.8 Å². The SMILES string of the molecule is Cc1ccc(-n2c(SCC(=O)NC(=O)Nc3ccccc3)nnc2N2CCCC2)cc1. The fourth-order valence-corrected chi connectivity index (χ4v) is 4.12. The van der Waals surface area contributed by atoms with Crippen molar-refractivity contribution >= 4 is 35.3 Å². The number of rotatable bonds is 6. The summed E-state index contributed by atoms with van der Waals surface area (Å²) in [6.45, 7) is 3.92. The molecule has 0 radical (unpaired) electrons.